The van der Waals surface area contributed by atoms with Crippen molar-refractivity contribution in [3.63, 3.8) is 0 Å². The van der Waals surface area contributed by atoms with Gasteiger partial charge in [0.2, 0.25) is 0 Å². The van der Waals surface area contributed by atoms with Gasteiger partial charge < -0.3 is 19.9 Å². The third kappa shape index (κ3) is 6.55. The molecule has 9 nitrogen and oxygen atoms in total. The van der Waals surface area contributed by atoms with Crippen LogP contribution in [0.25, 0.3) is 11.1 Å². The van der Waals surface area contributed by atoms with Gasteiger partial charge in [-0.15, -0.1) is 0 Å². The Morgan fingerprint density at radius 1 is 1.00 bits per heavy atom. The maximum atomic E-state index is 12.3. The number of benzene rings is 1. The Hall–Kier alpha value is -3.43. The van der Waals surface area contributed by atoms with Gasteiger partial charge in [0.05, 0.1) is 13.2 Å². The highest BCUT2D eigenvalue weighted by molar-refractivity contribution is 5.99. The third-order valence-electron chi connectivity index (χ3n) is 5.57. The monoisotopic (exact) mass is 464 g/mol. The number of carbonyl (C=O) groups is 1. The predicted molar refractivity (Wildman–Crippen MR) is 133 cm³/mol. The molecule has 0 saturated carbocycles. The molecule has 180 valence electrons. The molecule has 4 rings (SSSR count). The van der Waals surface area contributed by atoms with Crippen LogP contribution in [-0.4, -0.2) is 60.5 Å². The molecule has 2 aromatic heterocycles. The van der Waals surface area contributed by atoms with Crippen LogP contribution in [0.2, 0.25) is 0 Å². The van der Waals surface area contributed by atoms with Gasteiger partial charge in [0.1, 0.15) is 11.6 Å². The van der Waals surface area contributed by atoms with Crippen molar-refractivity contribution >= 4 is 23.4 Å². The summed E-state index contributed by atoms with van der Waals surface area (Å²) in [6, 6.07) is 13.0. The number of aromatic nitrogens is 2. The number of hydrogen-bond donors (Lipinski definition) is 3. The lowest BCUT2D eigenvalue weighted by Gasteiger charge is -2.26. The summed E-state index contributed by atoms with van der Waals surface area (Å²) in [6.07, 6.45) is 1.85. The lowest BCUT2D eigenvalue weighted by molar-refractivity contribution is 0.0398. The van der Waals surface area contributed by atoms with Gasteiger partial charge >= 0.3 is 6.03 Å². The van der Waals surface area contributed by atoms with Crippen molar-refractivity contribution in [3.05, 3.63) is 54.4 Å². The summed E-state index contributed by atoms with van der Waals surface area (Å²) in [5, 5.41) is 12.8. The molecule has 0 bridgehead atoms. The van der Waals surface area contributed by atoms with Crippen LogP contribution < -0.4 is 16.0 Å². The molecular formula is C25H32N6O3. The molecule has 34 heavy (non-hydrogen) atoms. The van der Waals surface area contributed by atoms with E-state index in [1.165, 1.54) is 0 Å². The fourth-order valence-electron chi connectivity index (χ4n) is 3.55. The van der Waals surface area contributed by atoms with E-state index in [2.05, 4.69) is 31.0 Å². The first-order valence-corrected chi connectivity index (χ1v) is 11.5. The lowest BCUT2D eigenvalue weighted by atomic mass is 9.93. The Morgan fingerprint density at radius 3 is 2.38 bits per heavy atom. The number of morpholine rings is 1. The Morgan fingerprint density at radius 2 is 1.74 bits per heavy atom. The number of nitrogens with one attached hydrogen (secondary N) is 3. The molecule has 0 atom stereocenters. The van der Waals surface area contributed by atoms with Crippen molar-refractivity contribution in [2.75, 3.05) is 55.3 Å². The van der Waals surface area contributed by atoms with E-state index < -0.39 is 0 Å². The first kappa shape index (κ1) is 23.7. The number of carbonyl (C=O) groups excluding carboxylic acids is 1. The smallest absolute Gasteiger partial charge is 0.324 e. The second-order valence-electron chi connectivity index (χ2n) is 9.30. The number of rotatable bonds is 7. The van der Waals surface area contributed by atoms with Crippen LogP contribution in [0.15, 0.2) is 53.2 Å². The van der Waals surface area contributed by atoms with Crippen molar-refractivity contribution in [1.29, 1.82) is 0 Å². The van der Waals surface area contributed by atoms with E-state index in [0.717, 1.165) is 56.3 Å². The normalized spacial score (nSPS) is 14.6. The first-order chi connectivity index (χ1) is 16.4. The van der Waals surface area contributed by atoms with Crippen LogP contribution in [0.5, 0.6) is 0 Å². The minimum Gasteiger partial charge on any atom is -0.379 e. The SMILES string of the molecule is CC(C)(C)c1cc(NC(=O)Nc2ccc(-c3ccc(NCCN4CCOCC4)nc3)cc2)no1. The molecule has 3 heterocycles. The minimum atomic E-state index is -0.379. The molecule has 1 aliphatic rings. The van der Waals surface area contributed by atoms with Gasteiger partial charge in [-0.25, -0.2) is 9.78 Å². The summed E-state index contributed by atoms with van der Waals surface area (Å²) in [5.41, 5.74) is 2.53. The average molecular weight is 465 g/mol. The lowest BCUT2D eigenvalue weighted by Crippen LogP contribution is -2.39. The van der Waals surface area contributed by atoms with Crippen LogP contribution in [0.4, 0.5) is 22.1 Å². The number of hydrogen-bond acceptors (Lipinski definition) is 7. The van der Waals surface area contributed by atoms with E-state index in [0.29, 0.717) is 17.3 Å². The van der Waals surface area contributed by atoms with Gasteiger partial charge in [0.25, 0.3) is 0 Å². The molecule has 0 aliphatic carbocycles. The topological polar surface area (TPSA) is 105 Å². The number of urea groups is 1. The fraction of sp³-hybridized carbons (Fsp3) is 0.400. The van der Waals surface area contributed by atoms with E-state index >= 15 is 0 Å². The van der Waals surface area contributed by atoms with Crippen molar-refractivity contribution in [3.8, 4) is 11.1 Å². The van der Waals surface area contributed by atoms with Crippen molar-refractivity contribution in [2.45, 2.75) is 26.2 Å². The maximum Gasteiger partial charge on any atom is 0.324 e. The molecule has 0 unspecified atom stereocenters. The Bertz CT molecular complexity index is 1070. The summed E-state index contributed by atoms with van der Waals surface area (Å²) in [7, 11) is 0. The van der Waals surface area contributed by atoms with E-state index in [9.17, 15) is 4.79 Å². The van der Waals surface area contributed by atoms with Crippen LogP contribution >= 0.6 is 0 Å². The van der Waals surface area contributed by atoms with Crippen LogP contribution in [0, 0.1) is 0 Å². The largest absolute Gasteiger partial charge is 0.379 e. The fourth-order valence-corrected chi connectivity index (χ4v) is 3.55. The molecule has 3 N–H and O–H groups in total. The third-order valence-corrected chi connectivity index (χ3v) is 5.57. The highest BCUT2D eigenvalue weighted by atomic mass is 16.5. The highest BCUT2D eigenvalue weighted by Gasteiger charge is 2.20. The predicted octanol–water partition coefficient (Wildman–Crippen LogP) is 4.42. The quantitative estimate of drug-likeness (QED) is 0.475. The highest BCUT2D eigenvalue weighted by Crippen LogP contribution is 2.25. The van der Waals surface area contributed by atoms with Crippen LogP contribution in [0.1, 0.15) is 26.5 Å². The molecular weight excluding hydrogens is 432 g/mol. The molecule has 2 amide bonds. The van der Waals surface area contributed by atoms with Gasteiger partial charge in [0.15, 0.2) is 5.82 Å². The zero-order valence-corrected chi connectivity index (χ0v) is 19.9. The standard InChI is InChI=1S/C25H32N6O3/c1-25(2,3)21-16-23(30-34-21)29-24(32)28-20-7-4-18(5-8-20)19-6-9-22(27-17-19)26-10-11-31-12-14-33-15-13-31/h4-9,16-17H,10-15H2,1-3H3,(H,26,27)(H2,28,29,30,32). The maximum absolute atomic E-state index is 12.3. The summed E-state index contributed by atoms with van der Waals surface area (Å²) in [6.45, 7) is 11.5. The molecule has 1 saturated heterocycles. The molecule has 1 fully saturated rings. The zero-order chi connectivity index (χ0) is 24.0. The van der Waals surface area contributed by atoms with E-state index in [1.54, 1.807) is 6.07 Å². The van der Waals surface area contributed by atoms with E-state index in [-0.39, 0.29) is 11.4 Å². The van der Waals surface area contributed by atoms with E-state index in [1.807, 2.05) is 63.4 Å². The zero-order valence-electron chi connectivity index (χ0n) is 19.9. The molecule has 0 spiro atoms. The molecule has 1 aliphatic heterocycles. The first-order valence-electron chi connectivity index (χ1n) is 11.5. The van der Waals surface area contributed by atoms with Gasteiger partial charge in [-0.05, 0) is 29.8 Å². The van der Waals surface area contributed by atoms with Gasteiger partial charge in [-0.1, -0.05) is 38.1 Å². The Kier molecular flexibility index (Phi) is 7.44. The van der Waals surface area contributed by atoms with Crippen molar-refractivity contribution < 1.29 is 14.1 Å². The van der Waals surface area contributed by atoms with E-state index in [4.69, 9.17) is 9.26 Å². The molecule has 9 heteroatoms. The van der Waals surface area contributed by atoms with Gasteiger partial charge in [0, 0.05) is 55.1 Å². The number of ether oxygens (including phenoxy) is 1. The Labute approximate surface area is 199 Å². The van der Waals surface area contributed by atoms with Crippen LogP contribution in [-0.2, 0) is 10.2 Å². The average Bonchev–Trinajstić information content (AvgIpc) is 3.30. The molecule has 1 aromatic carbocycles. The summed E-state index contributed by atoms with van der Waals surface area (Å²) in [5.74, 6) is 1.94. The minimum absolute atomic E-state index is 0.175. The van der Waals surface area contributed by atoms with Crippen molar-refractivity contribution in [1.82, 2.24) is 15.0 Å². The van der Waals surface area contributed by atoms with Gasteiger partial charge in [-0.3, -0.25) is 10.2 Å². The summed E-state index contributed by atoms with van der Waals surface area (Å²) < 4.78 is 10.7. The van der Waals surface area contributed by atoms with Gasteiger partial charge in [-0.2, -0.15) is 0 Å². The Balaban J connectivity index is 1.26. The molecule has 3 aromatic rings. The van der Waals surface area contributed by atoms with Crippen molar-refractivity contribution in [2.24, 2.45) is 0 Å². The second-order valence-corrected chi connectivity index (χ2v) is 9.30. The molecule has 0 radical (unpaired) electrons. The summed E-state index contributed by atoms with van der Waals surface area (Å²) >= 11 is 0. The van der Waals surface area contributed by atoms with Crippen LogP contribution in [0.3, 0.4) is 0 Å². The number of amides is 2. The second kappa shape index (κ2) is 10.7. The number of nitrogens with zero attached hydrogens (tertiary/aromatic N) is 3. The number of pyridine rings is 1. The summed E-state index contributed by atoms with van der Waals surface area (Å²) in [4.78, 5) is 19.2. The number of anilines is 3.